The standard InChI is InChI=1S/C19H22F2N4O2/c1-19(2,3)14-8-13(24-25(14)4)10-9-22-17(26)15(10)18(27)23-12-7-5-6-11(20)16(12)21/h5-8,10,15H,9H2,1-4H3,(H,22,26)(H,23,27)/t10-,15-/m1/s1. The molecule has 1 saturated heterocycles. The third-order valence-electron chi connectivity index (χ3n) is 4.72. The molecule has 144 valence electrons. The summed E-state index contributed by atoms with van der Waals surface area (Å²) < 4.78 is 28.9. The summed E-state index contributed by atoms with van der Waals surface area (Å²) in [7, 11) is 1.81. The summed E-state index contributed by atoms with van der Waals surface area (Å²) in [5.74, 6) is -4.94. The molecule has 0 saturated carbocycles. The van der Waals surface area contributed by atoms with Crippen LogP contribution in [0.2, 0.25) is 0 Å². The number of rotatable bonds is 3. The first-order valence-corrected chi connectivity index (χ1v) is 8.66. The molecule has 1 fully saturated rings. The maximum absolute atomic E-state index is 13.8. The molecule has 0 spiro atoms. The number of hydrogen-bond acceptors (Lipinski definition) is 3. The number of hydrogen-bond donors (Lipinski definition) is 2. The lowest BCUT2D eigenvalue weighted by atomic mass is 9.88. The Balaban J connectivity index is 1.88. The molecule has 0 bridgehead atoms. The number of aryl methyl sites for hydroxylation is 1. The van der Waals surface area contributed by atoms with Gasteiger partial charge in [-0.05, 0) is 18.2 Å². The lowest BCUT2D eigenvalue weighted by Gasteiger charge is -2.18. The van der Waals surface area contributed by atoms with E-state index in [0.29, 0.717) is 5.69 Å². The minimum atomic E-state index is -1.16. The average Bonchev–Trinajstić information content (AvgIpc) is 3.14. The molecule has 0 radical (unpaired) electrons. The Bertz CT molecular complexity index is 902. The molecule has 2 atom stereocenters. The van der Waals surface area contributed by atoms with Crippen molar-refractivity contribution in [2.24, 2.45) is 13.0 Å². The van der Waals surface area contributed by atoms with Gasteiger partial charge in [0.25, 0.3) is 0 Å². The van der Waals surface area contributed by atoms with Crippen LogP contribution in [0.25, 0.3) is 0 Å². The van der Waals surface area contributed by atoms with Gasteiger partial charge in [0.05, 0.1) is 11.4 Å². The second-order valence-electron chi connectivity index (χ2n) is 7.75. The molecule has 1 aliphatic heterocycles. The third-order valence-corrected chi connectivity index (χ3v) is 4.72. The van der Waals surface area contributed by atoms with Gasteiger partial charge < -0.3 is 10.6 Å². The van der Waals surface area contributed by atoms with Gasteiger partial charge in [-0.2, -0.15) is 5.10 Å². The van der Waals surface area contributed by atoms with E-state index >= 15 is 0 Å². The van der Waals surface area contributed by atoms with Crippen molar-refractivity contribution < 1.29 is 18.4 Å². The molecule has 1 aromatic heterocycles. The van der Waals surface area contributed by atoms with Crippen LogP contribution in [0.4, 0.5) is 14.5 Å². The third kappa shape index (κ3) is 3.56. The maximum atomic E-state index is 13.8. The zero-order valence-corrected chi connectivity index (χ0v) is 15.6. The van der Waals surface area contributed by atoms with Crippen molar-refractivity contribution in [1.82, 2.24) is 15.1 Å². The van der Waals surface area contributed by atoms with Crippen LogP contribution in [0.3, 0.4) is 0 Å². The van der Waals surface area contributed by atoms with Gasteiger partial charge in [0.15, 0.2) is 11.6 Å². The summed E-state index contributed by atoms with van der Waals surface area (Å²) in [5, 5.41) is 9.46. The minimum absolute atomic E-state index is 0.154. The lowest BCUT2D eigenvalue weighted by Crippen LogP contribution is -2.32. The topological polar surface area (TPSA) is 76.0 Å². The second kappa shape index (κ2) is 6.75. The molecule has 2 N–H and O–H groups in total. The molecule has 2 amide bonds. The van der Waals surface area contributed by atoms with Crippen LogP contribution >= 0.6 is 0 Å². The molecule has 0 unspecified atom stereocenters. The van der Waals surface area contributed by atoms with Gasteiger partial charge in [-0.15, -0.1) is 0 Å². The number of anilines is 1. The zero-order valence-electron chi connectivity index (χ0n) is 15.6. The van der Waals surface area contributed by atoms with E-state index in [4.69, 9.17) is 0 Å². The number of benzene rings is 1. The van der Waals surface area contributed by atoms with E-state index in [9.17, 15) is 18.4 Å². The van der Waals surface area contributed by atoms with Crippen LogP contribution in [0.1, 0.15) is 38.1 Å². The number of aromatic nitrogens is 2. The Morgan fingerprint density at radius 1 is 1.33 bits per heavy atom. The van der Waals surface area contributed by atoms with Crippen LogP contribution in [0.5, 0.6) is 0 Å². The fraction of sp³-hybridized carbons (Fsp3) is 0.421. The van der Waals surface area contributed by atoms with Crippen molar-refractivity contribution in [3.05, 3.63) is 47.3 Å². The highest BCUT2D eigenvalue weighted by molar-refractivity contribution is 6.08. The molecular weight excluding hydrogens is 354 g/mol. The predicted molar refractivity (Wildman–Crippen MR) is 96.1 cm³/mol. The van der Waals surface area contributed by atoms with Gasteiger partial charge in [-0.25, -0.2) is 8.78 Å². The number of amides is 2. The lowest BCUT2D eigenvalue weighted by molar-refractivity contribution is -0.130. The number of nitrogens with zero attached hydrogens (tertiary/aromatic N) is 2. The fourth-order valence-electron chi connectivity index (χ4n) is 3.38. The van der Waals surface area contributed by atoms with E-state index in [0.717, 1.165) is 11.8 Å². The first-order valence-electron chi connectivity index (χ1n) is 8.66. The van der Waals surface area contributed by atoms with E-state index in [-0.39, 0.29) is 17.6 Å². The van der Waals surface area contributed by atoms with Crippen LogP contribution in [0.15, 0.2) is 24.3 Å². The highest BCUT2D eigenvalue weighted by Crippen LogP contribution is 2.32. The SMILES string of the molecule is Cn1nc([C@H]2CNC(=O)[C@@H]2C(=O)Nc2cccc(F)c2F)cc1C(C)(C)C. The first kappa shape index (κ1) is 19.0. The summed E-state index contributed by atoms with van der Waals surface area (Å²) in [6, 6.07) is 5.37. The Kier molecular flexibility index (Phi) is 4.75. The summed E-state index contributed by atoms with van der Waals surface area (Å²) in [6.07, 6.45) is 0. The fourth-order valence-corrected chi connectivity index (χ4v) is 3.38. The summed E-state index contributed by atoms with van der Waals surface area (Å²) in [5.41, 5.74) is 1.13. The molecule has 2 heterocycles. The largest absolute Gasteiger partial charge is 0.355 e. The van der Waals surface area contributed by atoms with Gasteiger partial charge in [0, 0.05) is 30.6 Å². The van der Waals surface area contributed by atoms with Gasteiger partial charge in [-0.1, -0.05) is 26.8 Å². The number of nitrogens with one attached hydrogen (secondary N) is 2. The van der Waals surface area contributed by atoms with Crippen molar-refractivity contribution in [1.29, 1.82) is 0 Å². The molecule has 1 aliphatic rings. The molecule has 8 heteroatoms. The summed E-state index contributed by atoms with van der Waals surface area (Å²) in [4.78, 5) is 24.9. The van der Waals surface area contributed by atoms with Crippen LogP contribution < -0.4 is 10.6 Å². The quantitative estimate of drug-likeness (QED) is 0.808. The maximum Gasteiger partial charge on any atom is 0.237 e. The van der Waals surface area contributed by atoms with E-state index in [1.165, 1.54) is 12.1 Å². The monoisotopic (exact) mass is 376 g/mol. The molecule has 0 aliphatic carbocycles. The van der Waals surface area contributed by atoms with Crippen molar-refractivity contribution in [2.75, 3.05) is 11.9 Å². The summed E-state index contributed by atoms with van der Waals surface area (Å²) in [6.45, 7) is 6.39. The number of carbonyl (C=O) groups excluding carboxylic acids is 2. The Morgan fingerprint density at radius 3 is 2.67 bits per heavy atom. The highest BCUT2D eigenvalue weighted by atomic mass is 19.2. The molecule has 1 aromatic carbocycles. The van der Waals surface area contributed by atoms with Gasteiger partial charge in [0.2, 0.25) is 11.8 Å². The molecular formula is C19H22F2N4O2. The smallest absolute Gasteiger partial charge is 0.237 e. The molecule has 27 heavy (non-hydrogen) atoms. The first-order chi connectivity index (χ1) is 12.6. The van der Waals surface area contributed by atoms with Crippen LogP contribution in [-0.4, -0.2) is 28.1 Å². The summed E-state index contributed by atoms with van der Waals surface area (Å²) >= 11 is 0. The number of halogens is 2. The van der Waals surface area contributed by atoms with Crippen molar-refractivity contribution in [2.45, 2.75) is 32.1 Å². The van der Waals surface area contributed by atoms with Crippen molar-refractivity contribution in [3.63, 3.8) is 0 Å². The van der Waals surface area contributed by atoms with Crippen LogP contribution in [0, 0.1) is 17.6 Å². The van der Waals surface area contributed by atoms with Gasteiger partial charge >= 0.3 is 0 Å². The Hall–Kier alpha value is -2.77. The average molecular weight is 376 g/mol. The second-order valence-corrected chi connectivity index (χ2v) is 7.75. The number of carbonyl (C=O) groups is 2. The van der Waals surface area contributed by atoms with Crippen LogP contribution in [-0.2, 0) is 22.1 Å². The van der Waals surface area contributed by atoms with Crippen molar-refractivity contribution in [3.8, 4) is 0 Å². The van der Waals surface area contributed by atoms with E-state index in [2.05, 4.69) is 15.7 Å². The van der Waals surface area contributed by atoms with E-state index in [1.807, 2.05) is 33.9 Å². The normalized spacial score (nSPS) is 19.9. The van der Waals surface area contributed by atoms with E-state index < -0.39 is 35.3 Å². The Morgan fingerprint density at radius 2 is 2.04 bits per heavy atom. The predicted octanol–water partition coefficient (Wildman–Crippen LogP) is 2.46. The molecule has 2 aromatic rings. The zero-order chi connectivity index (χ0) is 19.9. The Labute approximate surface area is 155 Å². The minimum Gasteiger partial charge on any atom is -0.355 e. The molecule has 3 rings (SSSR count). The van der Waals surface area contributed by atoms with Gasteiger partial charge in [0.1, 0.15) is 5.92 Å². The van der Waals surface area contributed by atoms with Gasteiger partial charge in [-0.3, -0.25) is 14.3 Å². The highest BCUT2D eigenvalue weighted by Gasteiger charge is 2.43. The molecule has 6 nitrogen and oxygen atoms in total. The van der Waals surface area contributed by atoms with Crippen molar-refractivity contribution >= 4 is 17.5 Å². The van der Waals surface area contributed by atoms with E-state index in [1.54, 1.807) is 4.68 Å².